The number of halogens is 3. The molecule has 1 N–H and O–H groups in total. The molecule has 1 heterocycles. The molecule has 1 aliphatic carbocycles. The summed E-state index contributed by atoms with van der Waals surface area (Å²) in [7, 11) is 0. The Labute approximate surface area is 133 Å². The van der Waals surface area contributed by atoms with Crippen molar-refractivity contribution in [3.63, 3.8) is 0 Å². The Morgan fingerprint density at radius 3 is 2.67 bits per heavy atom. The van der Waals surface area contributed by atoms with E-state index >= 15 is 0 Å². The highest BCUT2D eigenvalue weighted by molar-refractivity contribution is 9.10. The van der Waals surface area contributed by atoms with Gasteiger partial charge in [-0.3, -0.25) is 0 Å². The smallest absolute Gasteiger partial charge is 0.149 e. The van der Waals surface area contributed by atoms with E-state index in [0.29, 0.717) is 16.1 Å². The lowest BCUT2D eigenvalue weighted by molar-refractivity contribution is 0.251. The van der Waals surface area contributed by atoms with Gasteiger partial charge in [-0.05, 0) is 54.1 Å². The van der Waals surface area contributed by atoms with E-state index in [0.717, 1.165) is 25.6 Å². The van der Waals surface area contributed by atoms with Crippen LogP contribution in [0.5, 0.6) is 0 Å². The minimum atomic E-state index is -0.551. The topological polar surface area (TPSA) is 15.3 Å². The van der Waals surface area contributed by atoms with Gasteiger partial charge in [-0.15, -0.1) is 0 Å². The molecule has 3 rings (SSSR count). The average molecular weight is 359 g/mol. The number of benzene rings is 1. The summed E-state index contributed by atoms with van der Waals surface area (Å²) in [4.78, 5) is 2.12. The lowest BCUT2D eigenvalue weighted by atomic mass is 9.90. The molecule has 0 bridgehead atoms. The largest absolute Gasteiger partial charge is 0.363 e. The highest BCUT2D eigenvalue weighted by Gasteiger charge is 2.46. The summed E-state index contributed by atoms with van der Waals surface area (Å²) in [5.74, 6) is -0.358. The molecule has 2 nitrogen and oxygen atoms in total. The molecule has 0 spiro atoms. The molecular weight excluding hydrogens is 338 g/mol. The Morgan fingerprint density at radius 1 is 1.33 bits per heavy atom. The number of anilines is 1. The van der Waals surface area contributed by atoms with Gasteiger partial charge in [0, 0.05) is 30.7 Å². The van der Waals surface area contributed by atoms with Crippen LogP contribution in [0.1, 0.15) is 33.1 Å². The number of piperazine rings is 1. The van der Waals surface area contributed by atoms with E-state index in [4.69, 9.17) is 0 Å². The second-order valence-corrected chi connectivity index (χ2v) is 7.33. The molecule has 116 valence electrons. The molecule has 21 heavy (non-hydrogen) atoms. The van der Waals surface area contributed by atoms with Crippen molar-refractivity contribution < 1.29 is 8.78 Å². The Balaban J connectivity index is 1.94. The zero-order valence-electron chi connectivity index (χ0n) is 12.4. The summed E-state index contributed by atoms with van der Waals surface area (Å²) >= 11 is 3.17. The predicted octanol–water partition coefficient (Wildman–Crippen LogP) is 4.08. The minimum Gasteiger partial charge on any atom is -0.363 e. The summed E-state index contributed by atoms with van der Waals surface area (Å²) < 4.78 is 28.1. The first kappa shape index (κ1) is 15.2. The highest BCUT2D eigenvalue weighted by atomic mass is 79.9. The van der Waals surface area contributed by atoms with Gasteiger partial charge in [-0.2, -0.15) is 0 Å². The van der Waals surface area contributed by atoms with Gasteiger partial charge in [0.15, 0.2) is 0 Å². The van der Waals surface area contributed by atoms with Crippen LogP contribution < -0.4 is 10.2 Å². The van der Waals surface area contributed by atoms with Crippen LogP contribution >= 0.6 is 15.9 Å². The summed E-state index contributed by atoms with van der Waals surface area (Å²) in [6.07, 6.45) is 3.41. The molecular formula is C16H21BrF2N2. The Kier molecular flexibility index (Phi) is 3.99. The van der Waals surface area contributed by atoms with Crippen molar-refractivity contribution in [2.24, 2.45) is 5.92 Å². The van der Waals surface area contributed by atoms with Crippen molar-refractivity contribution in [1.29, 1.82) is 0 Å². The minimum absolute atomic E-state index is 0.0268. The van der Waals surface area contributed by atoms with Gasteiger partial charge in [-0.1, -0.05) is 6.92 Å². The molecule has 5 heteroatoms. The van der Waals surface area contributed by atoms with Crippen LogP contribution in [0.3, 0.4) is 0 Å². The van der Waals surface area contributed by atoms with Gasteiger partial charge in [0.25, 0.3) is 0 Å². The summed E-state index contributed by atoms with van der Waals surface area (Å²) in [6.45, 7) is 5.94. The molecule has 1 saturated heterocycles. The zero-order chi connectivity index (χ0) is 15.2. The number of nitrogens with one attached hydrogen (secondary N) is 1. The number of nitrogens with zero attached hydrogens (tertiary/aromatic N) is 1. The van der Waals surface area contributed by atoms with Gasteiger partial charge in [0.1, 0.15) is 11.6 Å². The van der Waals surface area contributed by atoms with Crippen molar-refractivity contribution in [1.82, 2.24) is 5.32 Å². The van der Waals surface area contributed by atoms with Gasteiger partial charge in [0.2, 0.25) is 0 Å². The SMILES string of the molecule is CCC1CNC(C)(C2CC2)CN1c1cc(Br)c(F)cc1F. The van der Waals surface area contributed by atoms with E-state index in [1.807, 2.05) is 0 Å². The Morgan fingerprint density at radius 2 is 2.05 bits per heavy atom. The maximum atomic E-state index is 14.3. The molecule has 0 radical (unpaired) electrons. The van der Waals surface area contributed by atoms with Crippen molar-refractivity contribution in [3.05, 3.63) is 28.2 Å². The first-order valence-electron chi connectivity index (χ1n) is 7.61. The average Bonchev–Trinajstić information content (AvgIpc) is 3.28. The zero-order valence-corrected chi connectivity index (χ0v) is 14.0. The monoisotopic (exact) mass is 358 g/mol. The van der Waals surface area contributed by atoms with Crippen LogP contribution in [0, 0.1) is 17.6 Å². The van der Waals surface area contributed by atoms with Crippen LogP contribution in [0.25, 0.3) is 0 Å². The molecule has 2 aliphatic rings. The number of hydrogen-bond acceptors (Lipinski definition) is 2. The van der Waals surface area contributed by atoms with Crippen LogP contribution in [0.2, 0.25) is 0 Å². The fraction of sp³-hybridized carbons (Fsp3) is 0.625. The molecule has 1 saturated carbocycles. The van der Waals surface area contributed by atoms with Crippen molar-refractivity contribution in [2.75, 3.05) is 18.0 Å². The molecule has 1 aromatic carbocycles. The number of hydrogen-bond donors (Lipinski definition) is 1. The summed E-state index contributed by atoms with van der Waals surface area (Å²) in [5, 5.41) is 3.65. The van der Waals surface area contributed by atoms with Gasteiger partial charge >= 0.3 is 0 Å². The van der Waals surface area contributed by atoms with Crippen molar-refractivity contribution >= 4 is 21.6 Å². The summed E-state index contributed by atoms with van der Waals surface area (Å²) in [5.41, 5.74) is 0.530. The predicted molar refractivity (Wildman–Crippen MR) is 84.6 cm³/mol. The van der Waals surface area contributed by atoms with Gasteiger partial charge in [-0.25, -0.2) is 8.78 Å². The lowest BCUT2D eigenvalue weighted by Gasteiger charge is -2.47. The molecule has 2 atom stereocenters. The highest BCUT2D eigenvalue weighted by Crippen LogP contribution is 2.43. The quantitative estimate of drug-likeness (QED) is 0.818. The van der Waals surface area contributed by atoms with Crippen LogP contribution in [0.15, 0.2) is 16.6 Å². The third kappa shape index (κ3) is 2.82. The fourth-order valence-corrected chi connectivity index (χ4v) is 3.70. The molecule has 1 aliphatic heterocycles. The van der Waals surface area contributed by atoms with Crippen LogP contribution in [-0.4, -0.2) is 24.7 Å². The first-order valence-corrected chi connectivity index (χ1v) is 8.40. The lowest BCUT2D eigenvalue weighted by Crippen LogP contribution is -2.64. The van der Waals surface area contributed by atoms with E-state index in [-0.39, 0.29) is 11.6 Å². The second-order valence-electron chi connectivity index (χ2n) is 6.48. The van der Waals surface area contributed by atoms with E-state index in [1.54, 1.807) is 6.07 Å². The second kappa shape index (κ2) is 5.51. The Bertz CT molecular complexity index is 547. The first-order chi connectivity index (χ1) is 9.94. The molecule has 1 aromatic rings. The van der Waals surface area contributed by atoms with E-state index in [9.17, 15) is 8.78 Å². The van der Waals surface area contributed by atoms with Crippen molar-refractivity contribution in [2.45, 2.75) is 44.7 Å². The summed E-state index contributed by atoms with van der Waals surface area (Å²) in [6, 6.07) is 2.79. The maximum Gasteiger partial charge on any atom is 0.149 e. The normalized spacial score (nSPS) is 29.8. The molecule has 2 fully saturated rings. The molecule has 2 unspecified atom stereocenters. The van der Waals surface area contributed by atoms with Crippen LogP contribution in [0.4, 0.5) is 14.5 Å². The molecule has 0 amide bonds. The third-order valence-corrected chi connectivity index (χ3v) is 5.54. The fourth-order valence-electron chi connectivity index (χ4n) is 3.37. The third-order valence-electron chi connectivity index (χ3n) is 4.93. The maximum absolute atomic E-state index is 14.3. The van der Waals surface area contributed by atoms with Gasteiger partial charge < -0.3 is 10.2 Å². The van der Waals surface area contributed by atoms with E-state index < -0.39 is 11.6 Å². The number of rotatable bonds is 3. The van der Waals surface area contributed by atoms with Crippen LogP contribution in [-0.2, 0) is 0 Å². The van der Waals surface area contributed by atoms with Gasteiger partial charge in [0.05, 0.1) is 10.2 Å². The Hall–Kier alpha value is -0.680. The molecule has 0 aromatic heterocycles. The van der Waals surface area contributed by atoms with E-state index in [2.05, 4.69) is 40.0 Å². The van der Waals surface area contributed by atoms with Crippen molar-refractivity contribution in [3.8, 4) is 0 Å². The van der Waals surface area contributed by atoms with E-state index in [1.165, 1.54) is 12.8 Å². The standard InChI is InChI=1S/C16H21BrF2N2/c1-3-11-8-20-16(2,10-4-5-10)9-21(11)15-6-12(17)13(18)7-14(15)19/h6-7,10-11,20H,3-5,8-9H2,1-2H3.